The van der Waals surface area contributed by atoms with Gasteiger partial charge in [0.25, 0.3) is 0 Å². The van der Waals surface area contributed by atoms with Crippen molar-refractivity contribution in [3.63, 3.8) is 0 Å². The molecule has 3 fully saturated rings. The predicted molar refractivity (Wildman–Crippen MR) is 158 cm³/mol. The molecule has 1 spiro atoms. The van der Waals surface area contributed by atoms with Gasteiger partial charge in [0.05, 0.1) is 24.5 Å². The van der Waals surface area contributed by atoms with E-state index in [2.05, 4.69) is 26.6 Å². The zero-order valence-electron chi connectivity index (χ0n) is 22.6. The molecule has 0 aromatic heterocycles. The molecule has 6 rings (SSSR count). The minimum atomic E-state index is -1.17. The number of hydrogen-bond donors (Lipinski definition) is 3. The number of fused-ring (bicyclic) bond motifs is 2. The maximum atomic E-state index is 14.0. The van der Waals surface area contributed by atoms with Crippen LogP contribution in [0, 0.1) is 11.8 Å². The second-order valence-corrected chi connectivity index (χ2v) is 11.9. The number of nitrogens with one attached hydrogen (secondary N) is 2. The molecule has 214 valence electrons. The lowest BCUT2D eigenvalue weighted by atomic mass is 9.70. The molecule has 10 heteroatoms. The van der Waals surface area contributed by atoms with Gasteiger partial charge >= 0.3 is 0 Å². The van der Waals surface area contributed by atoms with E-state index in [4.69, 9.17) is 9.47 Å². The Balaban J connectivity index is 1.29. The summed E-state index contributed by atoms with van der Waals surface area (Å²) in [6.07, 6.45) is 0.146. The van der Waals surface area contributed by atoms with E-state index in [1.807, 2.05) is 49.4 Å². The smallest absolute Gasteiger partial charge is 0.250 e. The number of benzene rings is 3. The normalized spacial score (nSPS) is 28.1. The van der Waals surface area contributed by atoms with Gasteiger partial charge in [-0.3, -0.25) is 14.4 Å². The van der Waals surface area contributed by atoms with Crippen molar-refractivity contribution in [2.45, 2.75) is 42.3 Å². The lowest BCUT2D eigenvalue weighted by Gasteiger charge is -2.34. The van der Waals surface area contributed by atoms with E-state index < -0.39 is 29.6 Å². The predicted octanol–water partition coefficient (Wildman–Crippen LogP) is 3.95. The number of aliphatic hydroxyl groups excluding tert-OH is 1. The number of aliphatic hydroxyl groups is 1. The molecule has 3 saturated heterocycles. The highest BCUT2D eigenvalue weighted by atomic mass is 79.9. The third-order valence-corrected chi connectivity index (χ3v) is 9.19. The molecule has 0 aliphatic carbocycles. The van der Waals surface area contributed by atoms with Crippen LogP contribution in [0.15, 0.2) is 66.7 Å². The largest absolute Gasteiger partial charge is 0.494 e. The Labute approximate surface area is 246 Å². The number of anilines is 2. The van der Waals surface area contributed by atoms with E-state index in [0.717, 1.165) is 10.8 Å². The standard InChI is InChI=1S/C31H32BrN3O6/c1-2-40-22-12-10-20(11-13-22)33-28(37)24-25-30(39)35(14-5-15-36)27(31(25)17-23(32)26(24)41-31)29(38)34-21-9-8-18-6-3-4-7-19(18)16-21/h3-4,6-13,16,23-27,36H,2,5,14-15,17H2,1H3,(H,33,37)(H,34,38)/t23?,24-,25+,26-,27?,31?/m1/s1. The van der Waals surface area contributed by atoms with Crippen LogP contribution in [0.5, 0.6) is 5.75 Å². The summed E-state index contributed by atoms with van der Waals surface area (Å²) in [5.41, 5.74) is 0.0121. The molecule has 41 heavy (non-hydrogen) atoms. The van der Waals surface area contributed by atoms with E-state index in [-0.39, 0.29) is 35.7 Å². The summed E-state index contributed by atoms with van der Waals surface area (Å²) in [6.45, 7) is 2.48. The summed E-state index contributed by atoms with van der Waals surface area (Å²) in [4.78, 5) is 42.9. The van der Waals surface area contributed by atoms with Gasteiger partial charge in [-0.15, -0.1) is 0 Å². The van der Waals surface area contributed by atoms with Crippen LogP contribution in [0.3, 0.4) is 0 Å². The Kier molecular flexibility index (Phi) is 7.48. The van der Waals surface area contributed by atoms with Gasteiger partial charge < -0.3 is 30.1 Å². The number of halogens is 1. The summed E-state index contributed by atoms with van der Waals surface area (Å²) in [6, 6.07) is 19.6. The van der Waals surface area contributed by atoms with Gasteiger partial charge in [-0.05, 0) is 66.9 Å². The molecular formula is C31H32BrN3O6. The van der Waals surface area contributed by atoms with Crippen LogP contribution >= 0.6 is 15.9 Å². The zero-order valence-corrected chi connectivity index (χ0v) is 24.2. The van der Waals surface area contributed by atoms with Crippen molar-refractivity contribution < 1.29 is 29.0 Å². The number of nitrogens with zero attached hydrogens (tertiary/aromatic N) is 1. The molecule has 0 radical (unpaired) electrons. The molecule has 0 saturated carbocycles. The first-order chi connectivity index (χ1) is 19.9. The fourth-order valence-electron chi connectivity index (χ4n) is 6.72. The van der Waals surface area contributed by atoms with Crippen molar-refractivity contribution in [1.29, 1.82) is 0 Å². The van der Waals surface area contributed by atoms with E-state index in [1.165, 1.54) is 4.90 Å². The summed E-state index contributed by atoms with van der Waals surface area (Å²) >= 11 is 3.69. The van der Waals surface area contributed by atoms with Crippen molar-refractivity contribution in [3.8, 4) is 5.75 Å². The quantitative estimate of drug-likeness (QED) is 0.312. The van der Waals surface area contributed by atoms with Gasteiger partial charge in [-0.2, -0.15) is 0 Å². The molecule has 3 heterocycles. The number of rotatable bonds is 9. The molecule has 3 aromatic rings. The number of carbonyl (C=O) groups excluding carboxylic acids is 3. The van der Waals surface area contributed by atoms with Crippen LogP contribution in [-0.2, 0) is 19.1 Å². The third kappa shape index (κ3) is 4.77. The average Bonchev–Trinajstić information content (AvgIpc) is 3.56. The van der Waals surface area contributed by atoms with Crippen LogP contribution in [0.4, 0.5) is 11.4 Å². The SMILES string of the molecule is CCOc1ccc(NC(=O)[C@H]2[C@@H]3OC4(CC3Br)C(C(=O)Nc3ccc5ccccc5c3)N(CCCO)C(=O)[C@H]24)cc1. The van der Waals surface area contributed by atoms with E-state index >= 15 is 0 Å². The van der Waals surface area contributed by atoms with Crippen molar-refractivity contribution in [3.05, 3.63) is 66.7 Å². The molecular weight excluding hydrogens is 590 g/mol. The van der Waals surface area contributed by atoms with E-state index in [9.17, 15) is 19.5 Å². The second-order valence-electron chi connectivity index (χ2n) is 10.8. The molecule has 3 N–H and O–H groups in total. The lowest BCUT2D eigenvalue weighted by molar-refractivity contribution is -0.139. The maximum Gasteiger partial charge on any atom is 0.250 e. The second kappa shape index (κ2) is 11.1. The molecule has 9 nitrogen and oxygen atoms in total. The van der Waals surface area contributed by atoms with Crippen LogP contribution in [0.1, 0.15) is 19.8 Å². The third-order valence-electron chi connectivity index (χ3n) is 8.35. The number of carbonyl (C=O) groups is 3. The van der Waals surface area contributed by atoms with E-state index in [0.29, 0.717) is 36.6 Å². The maximum absolute atomic E-state index is 14.0. The van der Waals surface area contributed by atoms with Gasteiger partial charge in [0.15, 0.2) is 0 Å². The monoisotopic (exact) mass is 621 g/mol. The molecule has 3 amide bonds. The minimum Gasteiger partial charge on any atom is -0.494 e. The van der Waals surface area contributed by atoms with Crippen LogP contribution < -0.4 is 15.4 Å². The fourth-order valence-corrected chi connectivity index (χ4v) is 7.66. The summed E-state index contributed by atoms with van der Waals surface area (Å²) in [7, 11) is 0. The van der Waals surface area contributed by atoms with Crippen molar-refractivity contribution in [2.24, 2.45) is 11.8 Å². The summed E-state index contributed by atoms with van der Waals surface area (Å²) in [5.74, 6) is -1.93. The van der Waals surface area contributed by atoms with E-state index in [1.54, 1.807) is 24.3 Å². The first-order valence-corrected chi connectivity index (χ1v) is 14.8. The molecule has 3 aromatic carbocycles. The highest BCUT2D eigenvalue weighted by molar-refractivity contribution is 9.09. The highest BCUT2D eigenvalue weighted by Gasteiger charge is 2.76. The minimum absolute atomic E-state index is 0.132. The zero-order chi connectivity index (χ0) is 28.7. The van der Waals surface area contributed by atoms with Crippen molar-refractivity contribution in [2.75, 3.05) is 30.4 Å². The molecule has 3 unspecified atom stereocenters. The Morgan fingerprint density at radius 1 is 1.05 bits per heavy atom. The number of hydrogen-bond acceptors (Lipinski definition) is 6. The Morgan fingerprint density at radius 2 is 1.76 bits per heavy atom. The molecule has 3 aliphatic rings. The van der Waals surface area contributed by atoms with Gasteiger partial charge in [0.2, 0.25) is 17.7 Å². The Bertz CT molecular complexity index is 1480. The van der Waals surface area contributed by atoms with Gasteiger partial charge in [0, 0.05) is 29.4 Å². The first-order valence-electron chi connectivity index (χ1n) is 13.9. The van der Waals surface area contributed by atoms with Crippen molar-refractivity contribution in [1.82, 2.24) is 4.90 Å². The summed E-state index contributed by atoms with van der Waals surface area (Å²) in [5, 5.41) is 17.5. The van der Waals surface area contributed by atoms with Crippen LogP contribution in [-0.4, -0.2) is 70.1 Å². The van der Waals surface area contributed by atoms with Crippen LogP contribution in [0.2, 0.25) is 0 Å². The van der Waals surface area contributed by atoms with Gasteiger partial charge in [-0.1, -0.05) is 46.3 Å². The average molecular weight is 623 g/mol. The fraction of sp³-hybridized carbons (Fsp3) is 0.387. The number of alkyl halides is 1. The summed E-state index contributed by atoms with van der Waals surface area (Å²) < 4.78 is 12.0. The van der Waals surface area contributed by atoms with Crippen molar-refractivity contribution >= 4 is 55.8 Å². The molecule has 2 bridgehead atoms. The number of amides is 3. The van der Waals surface area contributed by atoms with Crippen LogP contribution in [0.25, 0.3) is 10.8 Å². The molecule has 6 atom stereocenters. The Hall–Kier alpha value is -3.47. The van der Waals surface area contributed by atoms with Gasteiger partial charge in [-0.25, -0.2) is 0 Å². The van der Waals surface area contributed by atoms with Gasteiger partial charge in [0.1, 0.15) is 17.4 Å². The first kappa shape index (κ1) is 27.7. The lowest BCUT2D eigenvalue weighted by Crippen LogP contribution is -2.54. The number of likely N-dealkylation sites (tertiary alicyclic amines) is 1. The Morgan fingerprint density at radius 3 is 2.49 bits per heavy atom. The number of ether oxygens (including phenoxy) is 2. The highest BCUT2D eigenvalue weighted by Crippen LogP contribution is 2.60. The molecule has 3 aliphatic heterocycles. The topological polar surface area (TPSA) is 117 Å².